The van der Waals surface area contributed by atoms with Gasteiger partial charge in [0.1, 0.15) is 0 Å². The Bertz CT molecular complexity index is 471. The Morgan fingerprint density at radius 2 is 2.11 bits per heavy atom. The third kappa shape index (κ3) is 1.57. The zero-order valence-electron chi connectivity index (χ0n) is 10.9. The molecule has 1 heterocycles. The Morgan fingerprint density at radius 3 is 2.83 bits per heavy atom. The van der Waals surface area contributed by atoms with Gasteiger partial charge in [-0.1, -0.05) is 24.6 Å². The molecule has 3 atom stereocenters. The molecule has 0 bridgehead atoms. The highest BCUT2D eigenvalue weighted by atomic mass is 16.5. The van der Waals surface area contributed by atoms with Crippen LogP contribution in [0.4, 0.5) is 5.69 Å². The minimum absolute atomic E-state index is 0.124. The minimum Gasteiger partial charge on any atom is -0.379 e. The number of rotatable bonds is 1. The number of carbonyl (C=O) groups excluding carboxylic acids is 1. The first-order chi connectivity index (χ1) is 8.74. The molecule has 0 radical (unpaired) electrons. The molecular weight excluding hydrogens is 226 g/mol. The summed E-state index contributed by atoms with van der Waals surface area (Å²) < 4.78 is 5.62. The van der Waals surface area contributed by atoms with Gasteiger partial charge in [0.25, 0.3) is 0 Å². The van der Waals surface area contributed by atoms with E-state index in [0.29, 0.717) is 5.92 Å². The highest BCUT2D eigenvalue weighted by Gasteiger charge is 2.46. The number of hydrogen-bond acceptors (Lipinski definition) is 2. The number of anilines is 1. The topological polar surface area (TPSA) is 29.5 Å². The van der Waals surface area contributed by atoms with Crippen molar-refractivity contribution in [3.05, 3.63) is 29.8 Å². The molecule has 2 unspecified atom stereocenters. The van der Waals surface area contributed by atoms with Crippen LogP contribution >= 0.6 is 0 Å². The number of fused-ring (bicyclic) bond motifs is 3. The Balaban J connectivity index is 2.08. The molecule has 1 aromatic carbocycles. The molecule has 1 fully saturated rings. The first-order valence-electron chi connectivity index (χ1n) is 6.65. The summed E-state index contributed by atoms with van der Waals surface area (Å²) in [7, 11) is 1.76. The van der Waals surface area contributed by atoms with Crippen molar-refractivity contribution in [3.8, 4) is 0 Å². The lowest BCUT2D eigenvalue weighted by molar-refractivity contribution is -0.117. The van der Waals surface area contributed by atoms with Crippen molar-refractivity contribution in [1.29, 1.82) is 0 Å². The minimum atomic E-state index is 0.124. The summed E-state index contributed by atoms with van der Waals surface area (Å²) in [5.41, 5.74) is 2.41. The average Bonchev–Trinajstić information content (AvgIpc) is 2.73. The summed E-state index contributed by atoms with van der Waals surface area (Å²) in [6.07, 6.45) is 3.56. The summed E-state index contributed by atoms with van der Waals surface area (Å²) in [6.45, 7) is 1.65. The van der Waals surface area contributed by atoms with Crippen molar-refractivity contribution < 1.29 is 9.53 Å². The molecule has 1 aliphatic heterocycles. The predicted molar refractivity (Wildman–Crippen MR) is 70.8 cm³/mol. The summed E-state index contributed by atoms with van der Waals surface area (Å²) in [6, 6.07) is 8.48. The van der Waals surface area contributed by atoms with Crippen molar-refractivity contribution in [2.75, 3.05) is 12.0 Å². The average molecular weight is 245 g/mol. The number of hydrogen-bond donors (Lipinski definition) is 0. The fraction of sp³-hybridized carbons (Fsp3) is 0.533. The predicted octanol–water partition coefficient (Wildman–Crippen LogP) is 2.70. The number of para-hydroxylation sites is 1. The Morgan fingerprint density at radius 1 is 1.33 bits per heavy atom. The van der Waals surface area contributed by atoms with Gasteiger partial charge < -0.3 is 9.64 Å². The molecule has 3 rings (SSSR count). The van der Waals surface area contributed by atoms with Crippen LogP contribution < -0.4 is 4.90 Å². The van der Waals surface area contributed by atoms with Crippen LogP contribution in [0.15, 0.2) is 24.3 Å². The van der Waals surface area contributed by atoms with Gasteiger partial charge in [-0.05, 0) is 24.5 Å². The quantitative estimate of drug-likeness (QED) is 0.761. The SMILES string of the molecule is CO[C@H]1CCCC2c3ccccc3N(C(C)=O)C21. The standard InChI is InChI=1S/C15H19NO2/c1-10(17)16-13-8-4-3-6-11(13)12-7-5-9-14(18-2)15(12)16/h3-4,6,8,12,14-15H,5,7,9H2,1-2H3/t12?,14-,15?/m0/s1. The van der Waals surface area contributed by atoms with Gasteiger partial charge in [-0.15, -0.1) is 0 Å². The normalized spacial score (nSPS) is 29.9. The molecule has 18 heavy (non-hydrogen) atoms. The Labute approximate surface area is 108 Å². The number of carbonyl (C=O) groups is 1. The van der Waals surface area contributed by atoms with Crippen LogP contribution in [0.3, 0.4) is 0 Å². The summed E-state index contributed by atoms with van der Waals surface area (Å²) in [5, 5.41) is 0. The van der Waals surface area contributed by atoms with E-state index in [1.165, 1.54) is 12.0 Å². The molecule has 1 saturated carbocycles. The maximum Gasteiger partial charge on any atom is 0.224 e. The van der Waals surface area contributed by atoms with Gasteiger partial charge in [0.05, 0.1) is 12.1 Å². The van der Waals surface area contributed by atoms with E-state index in [9.17, 15) is 4.79 Å². The summed E-state index contributed by atoms with van der Waals surface area (Å²) in [5.74, 6) is 0.572. The van der Waals surface area contributed by atoms with E-state index in [0.717, 1.165) is 18.5 Å². The smallest absolute Gasteiger partial charge is 0.224 e. The zero-order chi connectivity index (χ0) is 12.7. The van der Waals surface area contributed by atoms with Crippen LogP contribution in [0, 0.1) is 0 Å². The van der Waals surface area contributed by atoms with Gasteiger partial charge in [0.2, 0.25) is 5.91 Å². The number of ether oxygens (including phenoxy) is 1. The zero-order valence-corrected chi connectivity index (χ0v) is 10.9. The first-order valence-corrected chi connectivity index (χ1v) is 6.65. The van der Waals surface area contributed by atoms with Gasteiger partial charge in [-0.25, -0.2) is 0 Å². The molecule has 2 aliphatic rings. The van der Waals surface area contributed by atoms with Crippen LogP contribution in [-0.2, 0) is 9.53 Å². The molecule has 3 nitrogen and oxygen atoms in total. The molecule has 96 valence electrons. The van der Waals surface area contributed by atoms with Crippen molar-refractivity contribution in [3.63, 3.8) is 0 Å². The van der Waals surface area contributed by atoms with Crippen LogP contribution in [0.2, 0.25) is 0 Å². The molecule has 0 aromatic heterocycles. The number of nitrogens with zero attached hydrogens (tertiary/aromatic N) is 1. The fourth-order valence-corrected chi connectivity index (χ4v) is 3.64. The van der Waals surface area contributed by atoms with E-state index in [1.807, 2.05) is 11.0 Å². The molecule has 3 heteroatoms. The van der Waals surface area contributed by atoms with Gasteiger partial charge >= 0.3 is 0 Å². The molecule has 1 aliphatic carbocycles. The highest BCUT2D eigenvalue weighted by molar-refractivity contribution is 5.95. The number of amides is 1. The summed E-state index contributed by atoms with van der Waals surface area (Å²) in [4.78, 5) is 13.9. The van der Waals surface area contributed by atoms with E-state index < -0.39 is 0 Å². The van der Waals surface area contributed by atoms with Gasteiger partial charge in [0.15, 0.2) is 0 Å². The van der Waals surface area contributed by atoms with Gasteiger partial charge in [0, 0.05) is 25.6 Å². The maximum absolute atomic E-state index is 12.0. The lowest BCUT2D eigenvalue weighted by Crippen LogP contribution is -2.48. The van der Waals surface area contributed by atoms with E-state index in [-0.39, 0.29) is 18.1 Å². The van der Waals surface area contributed by atoms with Crippen LogP contribution in [-0.4, -0.2) is 25.2 Å². The van der Waals surface area contributed by atoms with Crippen molar-refractivity contribution in [2.24, 2.45) is 0 Å². The first kappa shape index (κ1) is 11.7. The van der Waals surface area contributed by atoms with Crippen molar-refractivity contribution in [1.82, 2.24) is 0 Å². The molecular formula is C15H19NO2. The van der Waals surface area contributed by atoms with E-state index in [2.05, 4.69) is 18.2 Å². The molecule has 1 aromatic rings. The van der Waals surface area contributed by atoms with Crippen LogP contribution in [0.5, 0.6) is 0 Å². The van der Waals surface area contributed by atoms with E-state index in [4.69, 9.17) is 4.74 Å². The largest absolute Gasteiger partial charge is 0.379 e. The van der Waals surface area contributed by atoms with Gasteiger partial charge in [-0.3, -0.25) is 4.79 Å². The third-order valence-corrected chi connectivity index (χ3v) is 4.33. The molecule has 1 amide bonds. The Kier molecular flexibility index (Phi) is 2.86. The highest BCUT2D eigenvalue weighted by Crippen LogP contribution is 2.48. The third-order valence-electron chi connectivity index (χ3n) is 4.33. The lowest BCUT2D eigenvalue weighted by Gasteiger charge is -2.37. The number of benzene rings is 1. The lowest BCUT2D eigenvalue weighted by atomic mass is 9.80. The second kappa shape index (κ2) is 4.39. The molecule has 0 spiro atoms. The second-order valence-corrected chi connectivity index (χ2v) is 5.25. The van der Waals surface area contributed by atoms with Gasteiger partial charge in [-0.2, -0.15) is 0 Å². The Hall–Kier alpha value is -1.35. The molecule has 0 N–H and O–H groups in total. The number of methoxy groups -OCH3 is 1. The van der Waals surface area contributed by atoms with Crippen LogP contribution in [0.25, 0.3) is 0 Å². The summed E-state index contributed by atoms with van der Waals surface area (Å²) >= 11 is 0. The van der Waals surface area contributed by atoms with Crippen LogP contribution in [0.1, 0.15) is 37.7 Å². The van der Waals surface area contributed by atoms with E-state index >= 15 is 0 Å². The monoisotopic (exact) mass is 245 g/mol. The molecule has 0 saturated heterocycles. The fourth-order valence-electron chi connectivity index (χ4n) is 3.64. The van der Waals surface area contributed by atoms with Crippen molar-refractivity contribution in [2.45, 2.75) is 44.2 Å². The van der Waals surface area contributed by atoms with Crippen molar-refractivity contribution >= 4 is 11.6 Å². The van der Waals surface area contributed by atoms with E-state index in [1.54, 1.807) is 14.0 Å². The maximum atomic E-state index is 12.0. The second-order valence-electron chi connectivity index (χ2n) is 5.25.